The van der Waals surface area contributed by atoms with Crippen molar-refractivity contribution in [1.82, 2.24) is 20.1 Å². The lowest BCUT2D eigenvalue weighted by molar-refractivity contribution is 0.0951. The second kappa shape index (κ2) is 5.78. The fourth-order valence-corrected chi connectivity index (χ4v) is 1.43. The predicted octanol–water partition coefficient (Wildman–Crippen LogP) is -0.00630. The molecule has 0 saturated carbocycles. The van der Waals surface area contributed by atoms with Crippen molar-refractivity contribution in [3.63, 3.8) is 0 Å². The maximum Gasteiger partial charge on any atom is 0.252 e. The van der Waals surface area contributed by atoms with Crippen molar-refractivity contribution in [2.45, 2.75) is 6.54 Å². The van der Waals surface area contributed by atoms with Crippen LogP contribution in [0.3, 0.4) is 0 Å². The summed E-state index contributed by atoms with van der Waals surface area (Å²) in [6.45, 7) is 1.14. The molecule has 0 aliphatic carbocycles. The molecule has 0 bridgehead atoms. The van der Waals surface area contributed by atoms with E-state index in [9.17, 15) is 4.79 Å². The van der Waals surface area contributed by atoms with Crippen molar-refractivity contribution in [1.29, 1.82) is 0 Å². The van der Waals surface area contributed by atoms with E-state index < -0.39 is 0 Å². The van der Waals surface area contributed by atoms with Gasteiger partial charge in [0.25, 0.3) is 5.91 Å². The number of rotatable bonds is 5. The number of nitrogens with zero attached hydrogens (tertiary/aromatic N) is 3. The van der Waals surface area contributed by atoms with Gasteiger partial charge in [-0.3, -0.25) is 9.48 Å². The van der Waals surface area contributed by atoms with Gasteiger partial charge in [-0.05, 0) is 18.2 Å². The summed E-state index contributed by atoms with van der Waals surface area (Å²) in [5.41, 5.74) is 2.90. The van der Waals surface area contributed by atoms with Gasteiger partial charge in [-0.1, -0.05) is 0 Å². The highest BCUT2D eigenvalue weighted by Gasteiger charge is 2.05. The molecule has 7 nitrogen and oxygen atoms in total. The molecule has 0 atom stereocenters. The van der Waals surface area contributed by atoms with E-state index in [1.807, 2.05) is 12.3 Å². The molecule has 2 heterocycles. The van der Waals surface area contributed by atoms with Gasteiger partial charge in [-0.25, -0.2) is 10.8 Å². The Morgan fingerprint density at radius 1 is 1.44 bits per heavy atom. The summed E-state index contributed by atoms with van der Waals surface area (Å²) in [5, 5.41) is 6.82. The first-order chi connectivity index (χ1) is 8.79. The quantitative estimate of drug-likeness (QED) is 0.509. The van der Waals surface area contributed by atoms with Gasteiger partial charge in [0.05, 0.1) is 12.1 Å². The zero-order chi connectivity index (χ0) is 12.8. The van der Waals surface area contributed by atoms with Gasteiger partial charge < -0.3 is 10.7 Å². The Kier molecular flexibility index (Phi) is 3.87. The minimum Gasteiger partial charge on any atom is -0.350 e. The van der Waals surface area contributed by atoms with Gasteiger partial charge in [0, 0.05) is 25.1 Å². The molecule has 0 aliphatic heterocycles. The van der Waals surface area contributed by atoms with Gasteiger partial charge in [-0.15, -0.1) is 0 Å². The maximum absolute atomic E-state index is 11.7. The Hall–Kier alpha value is -2.41. The third-order valence-corrected chi connectivity index (χ3v) is 2.36. The number of nitrogen functional groups attached to an aromatic ring is 1. The van der Waals surface area contributed by atoms with E-state index in [4.69, 9.17) is 5.84 Å². The highest BCUT2D eigenvalue weighted by atomic mass is 16.1. The Labute approximate surface area is 104 Å². The summed E-state index contributed by atoms with van der Waals surface area (Å²) in [6, 6.07) is 5.14. The number of nitrogens with two attached hydrogens (primary N) is 1. The highest BCUT2D eigenvalue weighted by molar-refractivity contribution is 5.93. The number of carbonyl (C=O) groups excluding carboxylic acids is 1. The normalized spacial score (nSPS) is 10.1. The molecule has 0 aliphatic rings. The summed E-state index contributed by atoms with van der Waals surface area (Å²) in [5.74, 6) is 5.54. The third-order valence-electron chi connectivity index (χ3n) is 2.36. The Morgan fingerprint density at radius 3 is 2.94 bits per heavy atom. The van der Waals surface area contributed by atoms with Crippen LogP contribution in [0.4, 0.5) is 5.82 Å². The monoisotopic (exact) mass is 246 g/mol. The van der Waals surface area contributed by atoms with Crippen LogP contribution in [-0.2, 0) is 6.54 Å². The van der Waals surface area contributed by atoms with E-state index in [2.05, 4.69) is 20.8 Å². The number of hydrogen-bond donors (Lipinski definition) is 3. The zero-order valence-electron chi connectivity index (χ0n) is 9.71. The summed E-state index contributed by atoms with van der Waals surface area (Å²) < 4.78 is 1.75. The largest absolute Gasteiger partial charge is 0.350 e. The average molecular weight is 246 g/mol. The molecule has 0 aromatic carbocycles. The number of hydrogen-bond acceptors (Lipinski definition) is 5. The van der Waals surface area contributed by atoms with Crippen molar-refractivity contribution in [3.8, 4) is 0 Å². The lowest BCUT2D eigenvalue weighted by Gasteiger charge is -2.05. The highest BCUT2D eigenvalue weighted by Crippen LogP contribution is 2.02. The van der Waals surface area contributed by atoms with Crippen LogP contribution in [0.15, 0.2) is 36.8 Å². The maximum atomic E-state index is 11.7. The minimum absolute atomic E-state index is 0.168. The van der Waals surface area contributed by atoms with E-state index in [-0.39, 0.29) is 5.91 Å². The second-order valence-electron chi connectivity index (χ2n) is 3.60. The second-order valence-corrected chi connectivity index (χ2v) is 3.60. The lowest BCUT2D eigenvalue weighted by atomic mass is 10.2. The standard InChI is InChI=1S/C11H14N6O/c12-16-10-3-2-9(8-14-10)11(18)13-5-7-17-6-1-4-15-17/h1-4,6,8H,5,7,12H2,(H,13,18)(H,14,16). The molecule has 0 unspecified atom stereocenters. The fraction of sp³-hybridized carbons (Fsp3) is 0.182. The van der Waals surface area contributed by atoms with Crippen LogP contribution in [0.5, 0.6) is 0 Å². The Morgan fingerprint density at radius 2 is 2.33 bits per heavy atom. The molecule has 18 heavy (non-hydrogen) atoms. The first-order valence-corrected chi connectivity index (χ1v) is 5.48. The number of amides is 1. The molecule has 0 radical (unpaired) electrons. The number of nitrogens with one attached hydrogen (secondary N) is 2. The van der Waals surface area contributed by atoms with Crippen molar-refractivity contribution < 1.29 is 4.79 Å². The lowest BCUT2D eigenvalue weighted by Crippen LogP contribution is -2.27. The predicted molar refractivity (Wildman–Crippen MR) is 66.6 cm³/mol. The van der Waals surface area contributed by atoms with Gasteiger partial charge >= 0.3 is 0 Å². The SMILES string of the molecule is NNc1ccc(C(=O)NCCn2cccn2)cn1. The van der Waals surface area contributed by atoms with Gasteiger partial charge in [-0.2, -0.15) is 5.10 Å². The summed E-state index contributed by atoms with van der Waals surface area (Å²) >= 11 is 0. The van der Waals surface area contributed by atoms with Crippen molar-refractivity contribution in [3.05, 3.63) is 42.4 Å². The molecule has 4 N–H and O–H groups in total. The third kappa shape index (κ3) is 3.05. The van der Waals surface area contributed by atoms with E-state index in [1.165, 1.54) is 6.20 Å². The average Bonchev–Trinajstić information content (AvgIpc) is 2.92. The van der Waals surface area contributed by atoms with Gasteiger partial charge in [0.1, 0.15) is 5.82 Å². The molecule has 0 saturated heterocycles. The Bertz CT molecular complexity index is 493. The number of pyridine rings is 1. The minimum atomic E-state index is -0.168. The Balaban J connectivity index is 1.83. The molecule has 7 heteroatoms. The topological polar surface area (TPSA) is 97.9 Å². The first-order valence-electron chi connectivity index (χ1n) is 5.48. The van der Waals surface area contributed by atoms with E-state index in [1.54, 1.807) is 23.0 Å². The van der Waals surface area contributed by atoms with Crippen molar-refractivity contribution in [2.75, 3.05) is 12.0 Å². The molecular weight excluding hydrogens is 232 g/mol. The van der Waals surface area contributed by atoms with Crippen LogP contribution in [-0.4, -0.2) is 27.2 Å². The summed E-state index contributed by atoms with van der Waals surface area (Å²) in [4.78, 5) is 15.7. The summed E-state index contributed by atoms with van der Waals surface area (Å²) in [6.07, 6.45) is 5.01. The van der Waals surface area contributed by atoms with Crippen molar-refractivity contribution >= 4 is 11.7 Å². The molecule has 2 aromatic heterocycles. The number of aromatic nitrogens is 3. The first kappa shape index (κ1) is 12.1. The smallest absolute Gasteiger partial charge is 0.252 e. The molecule has 2 aromatic rings. The van der Waals surface area contributed by atoms with Gasteiger partial charge in [0.2, 0.25) is 0 Å². The molecular formula is C11H14N6O. The van der Waals surface area contributed by atoms with E-state index in [0.717, 1.165) is 0 Å². The summed E-state index contributed by atoms with van der Waals surface area (Å²) in [7, 11) is 0. The van der Waals surface area contributed by atoms with Crippen LogP contribution in [0.1, 0.15) is 10.4 Å². The van der Waals surface area contributed by atoms with Crippen LogP contribution >= 0.6 is 0 Å². The van der Waals surface area contributed by atoms with E-state index >= 15 is 0 Å². The van der Waals surface area contributed by atoms with Crippen molar-refractivity contribution in [2.24, 2.45) is 5.84 Å². The van der Waals surface area contributed by atoms with Crippen LogP contribution < -0.4 is 16.6 Å². The fourth-order valence-electron chi connectivity index (χ4n) is 1.43. The molecule has 0 spiro atoms. The van der Waals surface area contributed by atoms with Crippen LogP contribution in [0, 0.1) is 0 Å². The molecule has 0 fully saturated rings. The molecule has 1 amide bonds. The van der Waals surface area contributed by atoms with Crippen LogP contribution in [0.25, 0.3) is 0 Å². The van der Waals surface area contributed by atoms with Gasteiger partial charge in [0.15, 0.2) is 0 Å². The zero-order valence-corrected chi connectivity index (χ0v) is 9.71. The van der Waals surface area contributed by atoms with E-state index in [0.29, 0.717) is 24.5 Å². The number of anilines is 1. The molecule has 2 rings (SSSR count). The van der Waals surface area contributed by atoms with Crippen LogP contribution in [0.2, 0.25) is 0 Å². The number of hydrazine groups is 1. The molecule has 94 valence electrons. The number of carbonyl (C=O) groups is 1.